The molecule has 3 aromatic carbocycles. The van der Waals surface area contributed by atoms with Gasteiger partial charge in [-0.25, -0.2) is 5.43 Å². The molecule has 28 heavy (non-hydrogen) atoms. The normalized spacial score (nSPS) is 14.0. The van der Waals surface area contributed by atoms with Gasteiger partial charge in [0.2, 0.25) is 0 Å². The maximum Gasteiger partial charge on any atom is 0.275 e. The Morgan fingerprint density at radius 2 is 1.71 bits per heavy atom. The number of hydrogen-bond donors (Lipinski definition) is 1. The molecular formula is C23H23N3O2. The van der Waals surface area contributed by atoms with Gasteiger partial charge in [-0.2, -0.15) is 5.10 Å². The molecule has 0 bridgehead atoms. The van der Waals surface area contributed by atoms with Gasteiger partial charge >= 0.3 is 0 Å². The zero-order valence-electron chi connectivity index (χ0n) is 15.9. The van der Waals surface area contributed by atoms with Gasteiger partial charge in [0.25, 0.3) is 5.91 Å². The number of benzene rings is 3. The van der Waals surface area contributed by atoms with Gasteiger partial charge in [-0.3, -0.25) is 4.79 Å². The lowest BCUT2D eigenvalue weighted by molar-refractivity contribution is 0.0952. The molecule has 1 N–H and O–H groups in total. The number of carbonyl (C=O) groups excluding carboxylic acids is 1. The van der Waals surface area contributed by atoms with Gasteiger partial charge < -0.3 is 9.64 Å². The van der Waals surface area contributed by atoms with E-state index < -0.39 is 0 Å². The van der Waals surface area contributed by atoms with Crippen molar-refractivity contribution in [1.82, 2.24) is 5.43 Å². The fourth-order valence-corrected chi connectivity index (χ4v) is 3.54. The van der Waals surface area contributed by atoms with E-state index in [1.807, 2.05) is 48.5 Å². The molecule has 1 saturated heterocycles. The van der Waals surface area contributed by atoms with Crippen molar-refractivity contribution in [3.63, 3.8) is 0 Å². The van der Waals surface area contributed by atoms with Crippen LogP contribution in [0.5, 0.6) is 5.75 Å². The maximum atomic E-state index is 12.6. The average Bonchev–Trinajstić information content (AvgIpc) is 3.28. The first-order chi connectivity index (χ1) is 13.7. The van der Waals surface area contributed by atoms with Gasteiger partial charge in [0.05, 0.1) is 18.9 Å². The molecule has 1 aliphatic heterocycles. The Bertz CT molecular complexity index is 1010. The number of nitrogens with zero attached hydrogens (tertiary/aromatic N) is 2. The molecule has 5 heteroatoms. The Hall–Kier alpha value is -3.34. The molecule has 0 unspecified atom stereocenters. The number of methoxy groups -OCH3 is 1. The van der Waals surface area contributed by atoms with Gasteiger partial charge in [-0.05, 0) is 53.4 Å². The van der Waals surface area contributed by atoms with E-state index in [1.165, 1.54) is 18.5 Å². The van der Waals surface area contributed by atoms with E-state index in [1.54, 1.807) is 13.3 Å². The molecule has 0 saturated carbocycles. The van der Waals surface area contributed by atoms with Crippen molar-refractivity contribution < 1.29 is 9.53 Å². The second-order valence-electron chi connectivity index (χ2n) is 6.88. The summed E-state index contributed by atoms with van der Waals surface area (Å²) in [5.74, 6) is 0.230. The van der Waals surface area contributed by atoms with Gasteiger partial charge in [-0.15, -0.1) is 0 Å². The first-order valence-corrected chi connectivity index (χ1v) is 9.50. The fraction of sp³-hybridized carbons (Fsp3) is 0.217. The summed E-state index contributed by atoms with van der Waals surface area (Å²) in [6, 6.07) is 19.8. The van der Waals surface area contributed by atoms with Crippen molar-refractivity contribution in [1.29, 1.82) is 0 Å². The number of carbonyl (C=O) groups is 1. The van der Waals surface area contributed by atoms with Crippen LogP contribution in [0.1, 0.15) is 28.8 Å². The SMILES string of the molecule is COc1cc2ccccc2cc1C(=O)N/N=C\c1ccc(N2CCCC2)cc1. The third-order valence-corrected chi connectivity index (χ3v) is 5.06. The fourth-order valence-electron chi connectivity index (χ4n) is 3.54. The van der Waals surface area contributed by atoms with Crippen LogP contribution in [0.25, 0.3) is 10.8 Å². The predicted octanol–water partition coefficient (Wildman–Crippen LogP) is 4.21. The molecule has 5 nitrogen and oxygen atoms in total. The summed E-state index contributed by atoms with van der Waals surface area (Å²) in [7, 11) is 1.56. The number of hydrogen-bond acceptors (Lipinski definition) is 4. The Labute approximate surface area is 164 Å². The Morgan fingerprint density at radius 1 is 1.04 bits per heavy atom. The third kappa shape index (κ3) is 3.83. The summed E-state index contributed by atoms with van der Waals surface area (Å²) < 4.78 is 5.38. The molecule has 1 heterocycles. The highest BCUT2D eigenvalue weighted by Gasteiger charge is 2.13. The quantitative estimate of drug-likeness (QED) is 0.538. The van der Waals surface area contributed by atoms with E-state index in [2.05, 4.69) is 27.6 Å². The van der Waals surface area contributed by atoms with Gasteiger partial charge in [0, 0.05) is 18.8 Å². The smallest absolute Gasteiger partial charge is 0.275 e. The second kappa shape index (κ2) is 8.13. The third-order valence-electron chi connectivity index (χ3n) is 5.06. The lowest BCUT2D eigenvalue weighted by Gasteiger charge is -2.17. The van der Waals surface area contributed by atoms with Crippen LogP contribution in [0.2, 0.25) is 0 Å². The van der Waals surface area contributed by atoms with Gasteiger partial charge in [-0.1, -0.05) is 36.4 Å². The minimum absolute atomic E-state index is 0.299. The molecule has 3 aromatic rings. The first-order valence-electron chi connectivity index (χ1n) is 9.50. The summed E-state index contributed by atoms with van der Waals surface area (Å²) in [5.41, 5.74) is 5.23. The molecule has 0 aromatic heterocycles. The number of ether oxygens (including phenoxy) is 1. The van der Waals surface area contributed by atoms with E-state index in [-0.39, 0.29) is 5.91 Å². The predicted molar refractivity (Wildman–Crippen MR) is 113 cm³/mol. The summed E-state index contributed by atoms with van der Waals surface area (Å²) in [6.45, 7) is 2.24. The van der Waals surface area contributed by atoms with Crippen LogP contribution in [0, 0.1) is 0 Å². The topological polar surface area (TPSA) is 53.9 Å². The van der Waals surface area contributed by atoms with E-state index >= 15 is 0 Å². The Morgan fingerprint density at radius 3 is 2.39 bits per heavy atom. The molecule has 4 rings (SSSR count). The van der Waals surface area contributed by atoms with Crippen LogP contribution < -0.4 is 15.1 Å². The molecule has 1 fully saturated rings. The molecule has 0 spiro atoms. The molecule has 1 aliphatic rings. The van der Waals surface area contributed by atoms with Crippen molar-refractivity contribution in [3.8, 4) is 5.75 Å². The van der Waals surface area contributed by atoms with E-state index in [4.69, 9.17) is 4.74 Å². The molecule has 0 radical (unpaired) electrons. The van der Waals surface area contributed by atoms with Gasteiger partial charge in [0.15, 0.2) is 0 Å². The van der Waals surface area contributed by atoms with Crippen LogP contribution in [0.15, 0.2) is 65.8 Å². The highest BCUT2D eigenvalue weighted by Crippen LogP contribution is 2.26. The number of nitrogens with one attached hydrogen (secondary N) is 1. The summed E-state index contributed by atoms with van der Waals surface area (Å²) in [4.78, 5) is 15.0. The van der Waals surface area contributed by atoms with Crippen molar-refractivity contribution in [3.05, 3.63) is 71.8 Å². The highest BCUT2D eigenvalue weighted by atomic mass is 16.5. The summed E-state index contributed by atoms with van der Waals surface area (Å²) in [6.07, 6.45) is 4.17. The van der Waals surface area contributed by atoms with E-state index in [9.17, 15) is 4.79 Å². The van der Waals surface area contributed by atoms with Crippen molar-refractivity contribution in [2.45, 2.75) is 12.8 Å². The van der Waals surface area contributed by atoms with Crippen molar-refractivity contribution in [2.24, 2.45) is 5.10 Å². The first kappa shape index (κ1) is 18.0. The number of hydrazone groups is 1. The lowest BCUT2D eigenvalue weighted by atomic mass is 10.1. The highest BCUT2D eigenvalue weighted by molar-refractivity contribution is 6.02. The van der Waals surface area contributed by atoms with Crippen LogP contribution >= 0.6 is 0 Å². The van der Waals surface area contributed by atoms with E-state index in [0.717, 1.165) is 29.4 Å². The van der Waals surface area contributed by atoms with Crippen LogP contribution in [0.4, 0.5) is 5.69 Å². The lowest BCUT2D eigenvalue weighted by Crippen LogP contribution is -2.18. The zero-order valence-corrected chi connectivity index (χ0v) is 15.9. The summed E-state index contributed by atoms with van der Waals surface area (Å²) >= 11 is 0. The van der Waals surface area contributed by atoms with Crippen molar-refractivity contribution in [2.75, 3.05) is 25.1 Å². The largest absolute Gasteiger partial charge is 0.496 e. The molecule has 0 aliphatic carbocycles. The molecule has 1 amide bonds. The zero-order chi connectivity index (χ0) is 19.3. The number of anilines is 1. The Kier molecular flexibility index (Phi) is 5.24. The van der Waals surface area contributed by atoms with Crippen LogP contribution in [-0.4, -0.2) is 32.3 Å². The number of fused-ring (bicyclic) bond motifs is 1. The van der Waals surface area contributed by atoms with Crippen LogP contribution in [0.3, 0.4) is 0 Å². The van der Waals surface area contributed by atoms with Gasteiger partial charge in [0.1, 0.15) is 5.75 Å². The summed E-state index contributed by atoms with van der Waals surface area (Å²) in [5, 5.41) is 6.11. The maximum absolute atomic E-state index is 12.6. The standard InChI is InChI=1S/C23H23N3O2/c1-28-22-15-19-7-3-2-6-18(19)14-21(22)23(27)25-24-16-17-8-10-20(11-9-17)26-12-4-5-13-26/h2-3,6-11,14-16H,4-5,12-13H2,1H3,(H,25,27)/b24-16-. The number of amides is 1. The molecule has 142 valence electrons. The van der Waals surface area contributed by atoms with Crippen LogP contribution in [-0.2, 0) is 0 Å². The van der Waals surface area contributed by atoms with Crippen molar-refractivity contribution >= 4 is 28.6 Å². The second-order valence-corrected chi connectivity index (χ2v) is 6.88. The molecule has 0 atom stereocenters. The monoisotopic (exact) mass is 373 g/mol. The minimum atomic E-state index is -0.299. The van der Waals surface area contributed by atoms with E-state index in [0.29, 0.717) is 11.3 Å². The average molecular weight is 373 g/mol. The number of rotatable bonds is 5. The molecular weight excluding hydrogens is 350 g/mol. The minimum Gasteiger partial charge on any atom is -0.496 e. The Balaban J connectivity index is 1.45.